The quantitative estimate of drug-likeness (QED) is 0.901. The Hall–Kier alpha value is -1.67. The van der Waals surface area contributed by atoms with Crippen LogP contribution in [0.15, 0.2) is 54.7 Å². The highest BCUT2D eigenvalue weighted by molar-refractivity contribution is 5.37. The maximum absolute atomic E-state index is 4.80. The Morgan fingerprint density at radius 2 is 1.91 bits per heavy atom. The van der Waals surface area contributed by atoms with E-state index in [1.807, 2.05) is 12.3 Å². The van der Waals surface area contributed by atoms with Gasteiger partial charge in [-0.1, -0.05) is 50.2 Å². The fourth-order valence-corrected chi connectivity index (χ4v) is 4.06. The maximum atomic E-state index is 4.80. The largest absolute Gasteiger partial charge is 0.316 e. The fraction of sp³-hybridized carbons (Fsp3) is 0.450. The van der Waals surface area contributed by atoms with Crippen molar-refractivity contribution in [2.45, 2.75) is 32.1 Å². The molecule has 0 radical (unpaired) electrons. The van der Waals surface area contributed by atoms with E-state index >= 15 is 0 Å². The molecular formula is C20H26N2. The molecule has 2 nitrogen and oxygen atoms in total. The van der Waals surface area contributed by atoms with Crippen molar-refractivity contribution in [3.8, 4) is 0 Å². The second-order valence-corrected chi connectivity index (χ2v) is 6.84. The van der Waals surface area contributed by atoms with Crippen molar-refractivity contribution in [1.82, 2.24) is 10.3 Å². The van der Waals surface area contributed by atoms with E-state index in [4.69, 9.17) is 4.98 Å². The number of rotatable bonds is 5. The van der Waals surface area contributed by atoms with Crippen LogP contribution in [0, 0.1) is 11.8 Å². The first kappa shape index (κ1) is 15.2. The summed E-state index contributed by atoms with van der Waals surface area (Å²) in [6.45, 7) is 6.84. The van der Waals surface area contributed by atoms with E-state index in [-0.39, 0.29) is 5.41 Å². The number of benzene rings is 1. The molecule has 0 bridgehead atoms. The van der Waals surface area contributed by atoms with Gasteiger partial charge in [0.1, 0.15) is 0 Å². The third kappa shape index (κ3) is 2.80. The van der Waals surface area contributed by atoms with Gasteiger partial charge < -0.3 is 5.32 Å². The van der Waals surface area contributed by atoms with Gasteiger partial charge in [-0.05, 0) is 55.5 Å². The highest BCUT2D eigenvalue weighted by Crippen LogP contribution is 2.45. The van der Waals surface area contributed by atoms with Crippen LogP contribution in [-0.4, -0.2) is 18.1 Å². The molecule has 1 aromatic carbocycles. The van der Waals surface area contributed by atoms with Gasteiger partial charge in [-0.25, -0.2) is 0 Å². The molecule has 0 spiro atoms. The molecular weight excluding hydrogens is 268 g/mol. The summed E-state index contributed by atoms with van der Waals surface area (Å²) < 4.78 is 0. The summed E-state index contributed by atoms with van der Waals surface area (Å²) in [6.07, 6.45) is 4.30. The first-order valence-corrected chi connectivity index (χ1v) is 8.41. The van der Waals surface area contributed by atoms with Crippen molar-refractivity contribution in [1.29, 1.82) is 0 Å². The van der Waals surface area contributed by atoms with Crippen molar-refractivity contribution < 1.29 is 0 Å². The van der Waals surface area contributed by atoms with Gasteiger partial charge in [-0.3, -0.25) is 4.98 Å². The predicted molar refractivity (Wildman–Crippen MR) is 91.9 cm³/mol. The molecule has 2 aromatic rings. The third-order valence-electron chi connectivity index (χ3n) is 4.90. The summed E-state index contributed by atoms with van der Waals surface area (Å²) >= 11 is 0. The van der Waals surface area contributed by atoms with E-state index in [1.165, 1.54) is 17.7 Å². The van der Waals surface area contributed by atoms with Crippen LogP contribution in [-0.2, 0) is 5.41 Å². The highest BCUT2D eigenvalue weighted by atomic mass is 14.9. The monoisotopic (exact) mass is 294 g/mol. The van der Waals surface area contributed by atoms with Crippen LogP contribution in [0.4, 0.5) is 0 Å². The maximum Gasteiger partial charge on any atom is 0.0512 e. The molecule has 0 aliphatic carbocycles. The number of nitrogens with zero attached hydrogens (tertiary/aromatic N) is 1. The van der Waals surface area contributed by atoms with Crippen LogP contribution >= 0.6 is 0 Å². The fourth-order valence-electron chi connectivity index (χ4n) is 4.06. The molecule has 2 unspecified atom stereocenters. The van der Waals surface area contributed by atoms with E-state index in [2.05, 4.69) is 61.6 Å². The van der Waals surface area contributed by atoms with E-state index in [1.54, 1.807) is 0 Å². The molecule has 1 saturated heterocycles. The van der Waals surface area contributed by atoms with Crippen molar-refractivity contribution >= 4 is 0 Å². The van der Waals surface area contributed by atoms with E-state index < -0.39 is 0 Å². The summed E-state index contributed by atoms with van der Waals surface area (Å²) in [5.74, 6) is 1.23. The number of nitrogens with one attached hydrogen (secondary N) is 1. The SMILES string of the molecule is CC(C)CC(c1ccccc1)(c1ccccn1)C1CCNC1. The van der Waals surface area contributed by atoms with Crippen LogP contribution in [0.3, 0.4) is 0 Å². The molecule has 22 heavy (non-hydrogen) atoms. The molecule has 0 saturated carbocycles. The van der Waals surface area contributed by atoms with Crippen molar-refractivity contribution in [3.63, 3.8) is 0 Å². The second kappa shape index (κ2) is 6.62. The van der Waals surface area contributed by atoms with E-state index in [0.717, 1.165) is 19.5 Å². The summed E-state index contributed by atoms with van der Waals surface area (Å²) in [4.78, 5) is 4.80. The van der Waals surface area contributed by atoms with Gasteiger partial charge in [0.15, 0.2) is 0 Å². The Morgan fingerprint density at radius 1 is 1.14 bits per heavy atom. The molecule has 1 aromatic heterocycles. The zero-order valence-electron chi connectivity index (χ0n) is 13.6. The zero-order valence-corrected chi connectivity index (χ0v) is 13.6. The molecule has 1 aliphatic heterocycles. The van der Waals surface area contributed by atoms with Gasteiger partial charge in [0, 0.05) is 11.6 Å². The number of pyridine rings is 1. The van der Waals surface area contributed by atoms with Crippen LogP contribution in [0.5, 0.6) is 0 Å². The lowest BCUT2D eigenvalue weighted by molar-refractivity contribution is 0.278. The zero-order chi connectivity index (χ0) is 15.4. The Labute approximate surface area is 134 Å². The first-order chi connectivity index (χ1) is 10.7. The second-order valence-electron chi connectivity index (χ2n) is 6.84. The lowest BCUT2D eigenvalue weighted by atomic mass is 9.63. The average Bonchev–Trinajstić information content (AvgIpc) is 3.09. The van der Waals surface area contributed by atoms with Crippen molar-refractivity contribution in [2.75, 3.05) is 13.1 Å². The molecule has 3 rings (SSSR count). The van der Waals surface area contributed by atoms with E-state index in [0.29, 0.717) is 11.8 Å². The van der Waals surface area contributed by atoms with Crippen LogP contribution in [0.25, 0.3) is 0 Å². The molecule has 1 aliphatic rings. The van der Waals surface area contributed by atoms with Gasteiger partial charge in [0.25, 0.3) is 0 Å². The molecule has 0 amide bonds. The smallest absolute Gasteiger partial charge is 0.0512 e. The normalized spacial score (nSPS) is 21.0. The van der Waals surface area contributed by atoms with Gasteiger partial charge in [0.05, 0.1) is 5.69 Å². The van der Waals surface area contributed by atoms with Crippen molar-refractivity contribution in [3.05, 3.63) is 66.0 Å². The summed E-state index contributed by atoms with van der Waals surface area (Å²) in [6, 6.07) is 17.4. The minimum absolute atomic E-state index is 0.0141. The third-order valence-corrected chi connectivity index (χ3v) is 4.90. The van der Waals surface area contributed by atoms with Gasteiger partial charge in [0.2, 0.25) is 0 Å². The van der Waals surface area contributed by atoms with Crippen LogP contribution < -0.4 is 5.32 Å². The van der Waals surface area contributed by atoms with Crippen LogP contribution in [0.2, 0.25) is 0 Å². The predicted octanol–water partition coefficient (Wildman–Crippen LogP) is 4.02. The summed E-state index contributed by atoms with van der Waals surface area (Å²) in [5, 5.41) is 3.56. The molecule has 1 N–H and O–H groups in total. The van der Waals surface area contributed by atoms with Gasteiger partial charge >= 0.3 is 0 Å². The Bertz CT molecular complexity index is 532. The van der Waals surface area contributed by atoms with Gasteiger partial charge in [-0.15, -0.1) is 0 Å². The van der Waals surface area contributed by atoms with Gasteiger partial charge in [-0.2, -0.15) is 0 Å². The average molecular weight is 294 g/mol. The Morgan fingerprint density at radius 3 is 2.50 bits per heavy atom. The molecule has 2 atom stereocenters. The standard InChI is InChI=1S/C20H26N2/c1-16(2)14-20(18-11-13-21-15-18,17-8-4-3-5-9-17)19-10-6-7-12-22-19/h3-10,12,16,18,21H,11,13-15H2,1-2H3. The minimum Gasteiger partial charge on any atom is -0.316 e. The lowest BCUT2D eigenvalue weighted by Crippen LogP contribution is -2.40. The topological polar surface area (TPSA) is 24.9 Å². The Kier molecular flexibility index (Phi) is 4.58. The molecule has 2 heteroatoms. The van der Waals surface area contributed by atoms with Crippen LogP contribution in [0.1, 0.15) is 37.9 Å². The Balaban J connectivity index is 2.17. The summed E-state index contributed by atoms with van der Waals surface area (Å²) in [7, 11) is 0. The number of aromatic nitrogens is 1. The molecule has 2 heterocycles. The first-order valence-electron chi connectivity index (χ1n) is 8.41. The number of hydrogen-bond donors (Lipinski definition) is 1. The lowest BCUT2D eigenvalue weighted by Gasteiger charge is -2.40. The van der Waals surface area contributed by atoms with E-state index in [9.17, 15) is 0 Å². The molecule has 1 fully saturated rings. The minimum atomic E-state index is 0.0141. The highest BCUT2D eigenvalue weighted by Gasteiger charge is 2.44. The summed E-state index contributed by atoms with van der Waals surface area (Å²) in [5.41, 5.74) is 2.65. The molecule has 116 valence electrons. The number of hydrogen-bond acceptors (Lipinski definition) is 2. The van der Waals surface area contributed by atoms with Crippen molar-refractivity contribution in [2.24, 2.45) is 11.8 Å².